The van der Waals surface area contributed by atoms with Gasteiger partial charge in [-0.15, -0.1) is 0 Å². The number of carbonyl (C=O) groups is 2. The van der Waals surface area contributed by atoms with Crippen molar-refractivity contribution in [2.24, 2.45) is 0 Å². The summed E-state index contributed by atoms with van der Waals surface area (Å²) >= 11 is 0. The number of carbonyl (C=O) groups excluding carboxylic acids is 2. The average molecular weight is 769 g/mol. The van der Waals surface area contributed by atoms with Crippen LogP contribution in [0.25, 0.3) is 11.4 Å². The van der Waals surface area contributed by atoms with Crippen LogP contribution in [0.3, 0.4) is 0 Å². The lowest BCUT2D eigenvalue weighted by molar-refractivity contribution is 0.0700. The van der Waals surface area contributed by atoms with Gasteiger partial charge in [-0.05, 0) is 66.5 Å². The van der Waals surface area contributed by atoms with Crippen LogP contribution in [0, 0.1) is 0 Å². The third-order valence-corrected chi connectivity index (χ3v) is 13.4. The minimum atomic E-state index is -2.73. The SMILES string of the molecule is CCO[Si](CCCNC(=O)NCCOc1ccnc(-c2cc(OCCNC(=O)NCCC[Si](OCC)(OCC)OCC)ccn2)c1)(OCC)OCC. The highest BCUT2D eigenvalue weighted by atomic mass is 28.4. The summed E-state index contributed by atoms with van der Waals surface area (Å²) < 4.78 is 46.8. The third kappa shape index (κ3) is 17.4. The largest absolute Gasteiger partial charge is 0.500 e. The van der Waals surface area contributed by atoms with Crippen LogP contribution >= 0.6 is 0 Å². The molecule has 4 amide bonds. The summed E-state index contributed by atoms with van der Waals surface area (Å²) in [6.45, 7) is 16.7. The van der Waals surface area contributed by atoms with E-state index >= 15 is 0 Å². The molecule has 294 valence electrons. The first-order valence-electron chi connectivity index (χ1n) is 18.3. The fraction of sp³-hybridized carbons (Fsp3) is 0.647. The van der Waals surface area contributed by atoms with Crippen LogP contribution in [0.5, 0.6) is 11.5 Å². The van der Waals surface area contributed by atoms with Gasteiger partial charge in [0.1, 0.15) is 24.7 Å². The van der Waals surface area contributed by atoms with Crippen LogP contribution in [-0.4, -0.2) is 119 Å². The van der Waals surface area contributed by atoms with Gasteiger partial charge < -0.3 is 57.3 Å². The summed E-state index contributed by atoms with van der Waals surface area (Å²) in [5.74, 6) is 1.17. The molecule has 0 unspecified atom stereocenters. The molecule has 18 heteroatoms. The van der Waals surface area contributed by atoms with E-state index in [1.54, 1.807) is 36.7 Å². The number of nitrogens with one attached hydrogen (secondary N) is 4. The lowest BCUT2D eigenvalue weighted by atomic mass is 10.2. The predicted molar refractivity (Wildman–Crippen MR) is 201 cm³/mol. The highest BCUT2D eigenvalue weighted by Crippen LogP contribution is 2.23. The van der Waals surface area contributed by atoms with Crippen molar-refractivity contribution in [2.75, 3.05) is 79.0 Å². The van der Waals surface area contributed by atoms with E-state index in [4.69, 9.17) is 36.0 Å². The van der Waals surface area contributed by atoms with Crippen LogP contribution in [0.4, 0.5) is 9.59 Å². The van der Waals surface area contributed by atoms with Gasteiger partial charge in [-0.2, -0.15) is 0 Å². The summed E-state index contributed by atoms with van der Waals surface area (Å²) in [4.78, 5) is 33.4. The second kappa shape index (κ2) is 26.4. The minimum absolute atomic E-state index is 0.263. The number of nitrogens with zero attached hydrogens (tertiary/aromatic N) is 2. The van der Waals surface area contributed by atoms with Crippen molar-refractivity contribution in [1.82, 2.24) is 31.2 Å². The number of aromatic nitrogens is 2. The summed E-state index contributed by atoms with van der Waals surface area (Å²) in [6, 6.07) is 7.70. The molecule has 16 nitrogen and oxygen atoms in total. The van der Waals surface area contributed by atoms with Crippen molar-refractivity contribution < 1.29 is 45.6 Å². The zero-order chi connectivity index (χ0) is 37.9. The van der Waals surface area contributed by atoms with E-state index in [-0.39, 0.29) is 25.3 Å². The molecule has 2 heterocycles. The Morgan fingerprint density at radius 1 is 0.538 bits per heavy atom. The van der Waals surface area contributed by atoms with Crippen molar-refractivity contribution in [3.63, 3.8) is 0 Å². The molecule has 0 aliphatic rings. The average Bonchev–Trinajstić information content (AvgIpc) is 3.13. The maximum absolute atomic E-state index is 12.3. The molecule has 0 radical (unpaired) electrons. The van der Waals surface area contributed by atoms with Gasteiger partial charge >= 0.3 is 29.7 Å². The Balaban J connectivity index is 1.70. The highest BCUT2D eigenvalue weighted by Gasteiger charge is 2.40. The van der Waals surface area contributed by atoms with Gasteiger partial charge in [0.2, 0.25) is 0 Å². The van der Waals surface area contributed by atoms with Gasteiger partial charge in [0.15, 0.2) is 0 Å². The molecule has 0 bridgehead atoms. The van der Waals surface area contributed by atoms with Gasteiger partial charge in [0.25, 0.3) is 0 Å². The third-order valence-electron chi connectivity index (χ3n) is 7.11. The van der Waals surface area contributed by atoms with E-state index in [2.05, 4.69) is 31.2 Å². The normalized spacial score (nSPS) is 11.6. The van der Waals surface area contributed by atoms with Crippen molar-refractivity contribution in [1.29, 1.82) is 0 Å². The fourth-order valence-corrected chi connectivity index (χ4v) is 10.3. The van der Waals surface area contributed by atoms with Crippen molar-refractivity contribution in [2.45, 2.75) is 66.5 Å². The molecule has 0 atom stereocenters. The predicted octanol–water partition coefficient (Wildman–Crippen LogP) is 4.38. The first-order valence-corrected chi connectivity index (χ1v) is 22.2. The summed E-state index contributed by atoms with van der Waals surface area (Å²) in [6.07, 6.45) is 4.61. The molecule has 0 fully saturated rings. The Labute approximate surface area is 311 Å². The Morgan fingerprint density at radius 2 is 0.865 bits per heavy atom. The number of rotatable bonds is 29. The molecule has 4 N–H and O–H groups in total. The number of ether oxygens (including phenoxy) is 2. The van der Waals surface area contributed by atoms with E-state index in [0.717, 1.165) is 0 Å². The molecule has 0 saturated heterocycles. The lowest BCUT2D eigenvalue weighted by Gasteiger charge is -2.28. The second-order valence-electron chi connectivity index (χ2n) is 11.0. The second-order valence-corrected chi connectivity index (χ2v) is 16.5. The molecule has 0 aliphatic heterocycles. The monoisotopic (exact) mass is 768 g/mol. The zero-order valence-corrected chi connectivity index (χ0v) is 33.8. The van der Waals surface area contributed by atoms with Gasteiger partial charge in [-0.1, -0.05) is 0 Å². The Morgan fingerprint density at radius 3 is 1.19 bits per heavy atom. The summed E-state index contributed by atoms with van der Waals surface area (Å²) in [5.41, 5.74) is 1.20. The molecule has 2 rings (SSSR count). The van der Waals surface area contributed by atoms with Crippen molar-refractivity contribution in [3.8, 4) is 22.9 Å². The highest BCUT2D eigenvalue weighted by molar-refractivity contribution is 6.61. The van der Waals surface area contributed by atoms with Gasteiger partial charge in [0.05, 0.1) is 24.5 Å². The fourth-order valence-electron chi connectivity index (χ4n) is 5.09. The Hall–Kier alpha value is -3.37. The van der Waals surface area contributed by atoms with Crippen LogP contribution < -0.4 is 30.7 Å². The molecule has 0 aromatic carbocycles. The molecule has 0 spiro atoms. The summed E-state index contributed by atoms with van der Waals surface area (Å²) in [5, 5.41) is 11.3. The molecule has 0 aliphatic carbocycles. The summed E-state index contributed by atoms with van der Waals surface area (Å²) in [7, 11) is -5.45. The van der Waals surface area contributed by atoms with Crippen molar-refractivity contribution in [3.05, 3.63) is 36.7 Å². The van der Waals surface area contributed by atoms with E-state index in [0.29, 0.717) is 114 Å². The number of hydrogen-bond acceptors (Lipinski definition) is 12. The van der Waals surface area contributed by atoms with Crippen molar-refractivity contribution >= 4 is 29.7 Å². The topological polar surface area (TPSA) is 182 Å². The smallest absolute Gasteiger partial charge is 0.492 e. The maximum atomic E-state index is 12.3. The maximum Gasteiger partial charge on any atom is 0.500 e. The zero-order valence-electron chi connectivity index (χ0n) is 31.8. The van der Waals surface area contributed by atoms with E-state index < -0.39 is 17.6 Å². The number of hydrogen-bond donors (Lipinski definition) is 4. The standard InChI is InChI=1S/C34H60N6O10Si2/c1-7-45-51(46-8-2,47-9-3)25-13-17-37-33(41)39-21-23-43-29-15-19-35-31(27-29)32-28-30(16-20-36-32)44-24-22-40-34(42)38-18-14-26-52(48-10-4,49-11-5)50-12-6/h15-16,19-20,27-28H,7-14,17-18,21-26H2,1-6H3,(H2,37,39,41)(H2,38,40,42). The van der Waals surface area contributed by atoms with Crippen LogP contribution in [0.15, 0.2) is 36.7 Å². The number of pyridine rings is 2. The van der Waals surface area contributed by atoms with Crippen LogP contribution in [-0.2, 0) is 26.6 Å². The lowest BCUT2D eigenvalue weighted by Crippen LogP contribution is -2.46. The molecular weight excluding hydrogens is 709 g/mol. The minimum Gasteiger partial charge on any atom is -0.492 e. The number of amides is 4. The quantitative estimate of drug-likeness (QED) is 0.0679. The van der Waals surface area contributed by atoms with Crippen LogP contribution in [0.1, 0.15) is 54.4 Å². The van der Waals surface area contributed by atoms with Crippen LogP contribution in [0.2, 0.25) is 12.1 Å². The van der Waals surface area contributed by atoms with E-state index in [1.165, 1.54) is 0 Å². The Kier molecular flexibility index (Phi) is 22.7. The molecular formula is C34H60N6O10Si2. The molecule has 2 aromatic heterocycles. The molecule has 0 saturated carbocycles. The van der Waals surface area contributed by atoms with Gasteiger partial charge in [-0.25, -0.2) is 9.59 Å². The van der Waals surface area contributed by atoms with Gasteiger partial charge in [0, 0.05) is 89.3 Å². The first kappa shape index (κ1) is 44.8. The molecule has 2 aromatic rings. The Bertz CT molecular complexity index is 1160. The van der Waals surface area contributed by atoms with E-state index in [9.17, 15) is 9.59 Å². The first-order chi connectivity index (χ1) is 25.3. The van der Waals surface area contributed by atoms with Gasteiger partial charge in [-0.3, -0.25) is 9.97 Å². The number of urea groups is 2. The van der Waals surface area contributed by atoms with E-state index in [1.807, 2.05) is 41.5 Å². The molecule has 52 heavy (non-hydrogen) atoms.